The highest BCUT2D eigenvalue weighted by atomic mass is 16.9. The van der Waals surface area contributed by atoms with E-state index in [1.807, 2.05) is 0 Å². The molecule has 0 bridgehead atoms. The van der Waals surface area contributed by atoms with E-state index in [-0.39, 0.29) is 6.61 Å². The molecule has 0 amide bonds. The van der Waals surface area contributed by atoms with E-state index in [0.717, 1.165) is 19.4 Å². The van der Waals surface area contributed by atoms with Crippen molar-refractivity contribution < 1.29 is 19.1 Å². The van der Waals surface area contributed by atoms with Crippen LogP contribution in [0.25, 0.3) is 0 Å². The number of unbranched alkanes of at least 4 members (excludes halogenated alkanes) is 1. The lowest BCUT2D eigenvalue weighted by atomic mass is 10.3. The van der Waals surface area contributed by atoms with E-state index in [1.165, 1.54) is 0 Å². The number of hydrogen-bond donors (Lipinski definition) is 1. The summed E-state index contributed by atoms with van der Waals surface area (Å²) in [5.74, 6) is 0. The fraction of sp³-hybridized carbons (Fsp3) is 0.857. The summed E-state index contributed by atoms with van der Waals surface area (Å²) >= 11 is 0. The lowest BCUT2D eigenvalue weighted by molar-refractivity contribution is -0.126. The monoisotopic (exact) mass is 175 g/mol. The summed E-state index contributed by atoms with van der Waals surface area (Å²) in [5.41, 5.74) is 2.69. The average molecular weight is 175 g/mol. The molecule has 0 saturated carbocycles. The topological polar surface area (TPSA) is 56.8 Å². The number of cyclic esters (lactones) is 2. The van der Waals surface area contributed by atoms with Crippen LogP contribution in [0.1, 0.15) is 19.8 Å². The normalized spacial score (nSPS) is 22.1. The van der Waals surface area contributed by atoms with Crippen molar-refractivity contribution in [3.63, 3.8) is 0 Å². The van der Waals surface area contributed by atoms with Gasteiger partial charge in [-0.1, -0.05) is 13.3 Å². The van der Waals surface area contributed by atoms with Gasteiger partial charge in [-0.2, -0.15) is 5.48 Å². The summed E-state index contributed by atoms with van der Waals surface area (Å²) in [4.78, 5) is 15.3. The van der Waals surface area contributed by atoms with Gasteiger partial charge in [0.05, 0.1) is 0 Å². The number of hydroxylamine groups is 1. The molecule has 5 heteroatoms. The zero-order valence-electron chi connectivity index (χ0n) is 7.04. The predicted molar refractivity (Wildman–Crippen MR) is 40.2 cm³/mol. The third-order valence-corrected chi connectivity index (χ3v) is 1.41. The van der Waals surface area contributed by atoms with Crippen LogP contribution in [-0.4, -0.2) is 25.6 Å². The molecule has 5 nitrogen and oxygen atoms in total. The minimum atomic E-state index is -0.669. The largest absolute Gasteiger partial charge is 0.511 e. The molecule has 0 aromatic rings. The van der Waals surface area contributed by atoms with Crippen molar-refractivity contribution in [2.45, 2.75) is 26.1 Å². The molecule has 0 aromatic heterocycles. The van der Waals surface area contributed by atoms with Crippen molar-refractivity contribution in [2.75, 3.05) is 13.2 Å². The quantitative estimate of drug-likeness (QED) is 0.380. The first-order valence-corrected chi connectivity index (χ1v) is 4.05. The van der Waals surface area contributed by atoms with Crippen molar-refractivity contribution in [1.29, 1.82) is 0 Å². The van der Waals surface area contributed by atoms with E-state index in [4.69, 9.17) is 4.84 Å². The summed E-state index contributed by atoms with van der Waals surface area (Å²) in [6, 6.07) is 0. The average Bonchev–Trinajstić information content (AvgIpc) is 2.45. The Morgan fingerprint density at radius 2 is 2.58 bits per heavy atom. The molecular weight excluding hydrogens is 162 g/mol. The van der Waals surface area contributed by atoms with Crippen LogP contribution in [-0.2, 0) is 14.3 Å². The maximum Gasteiger partial charge on any atom is 0.511 e. The smallest absolute Gasteiger partial charge is 0.427 e. The summed E-state index contributed by atoms with van der Waals surface area (Å²) in [7, 11) is 0. The molecule has 1 N–H and O–H groups in total. The van der Waals surface area contributed by atoms with Crippen LogP contribution in [0.4, 0.5) is 4.79 Å². The van der Waals surface area contributed by atoms with Gasteiger partial charge in [-0.3, -0.25) is 4.84 Å². The van der Waals surface area contributed by atoms with Crippen LogP contribution in [0, 0.1) is 0 Å². The second kappa shape index (κ2) is 4.95. The van der Waals surface area contributed by atoms with Crippen LogP contribution < -0.4 is 5.48 Å². The van der Waals surface area contributed by atoms with E-state index in [0.29, 0.717) is 0 Å². The highest BCUT2D eigenvalue weighted by Crippen LogP contribution is 2.05. The molecule has 12 heavy (non-hydrogen) atoms. The fourth-order valence-corrected chi connectivity index (χ4v) is 0.770. The third-order valence-electron chi connectivity index (χ3n) is 1.41. The van der Waals surface area contributed by atoms with Gasteiger partial charge in [0, 0.05) is 6.54 Å². The summed E-state index contributed by atoms with van der Waals surface area (Å²) in [6.07, 6.45) is 0.866. The number of carbonyl (C=O) groups is 1. The van der Waals surface area contributed by atoms with Crippen LogP contribution >= 0.6 is 0 Å². The van der Waals surface area contributed by atoms with Crippen molar-refractivity contribution in [2.24, 2.45) is 0 Å². The van der Waals surface area contributed by atoms with Gasteiger partial charge in [0.15, 0.2) is 6.61 Å². The van der Waals surface area contributed by atoms with Gasteiger partial charge in [0.2, 0.25) is 0 Å². The molecule has 1 rings (SSSR count). The third kappa shape index (κ3) is 3.06. The van der Waals surface area contributed by atoms with E-state index < -0.39 is 12.4 Å². The summed E-state index contributed by atoms with van der Waals surface area (Å²) in [5, 5.41) is 0. The van der Waals surface area contributed by atoms with Crippen LogP contribution in [0.5, 0.6) is 0 Å². The molecule has 1 heterocycles. The minimum absolute atomic E-state index is 0.165. The Balaban J connectivity index is 1.97. The Kier molecular flexibility index (Phi) is 3.83. The SMILES string of the molecule is CCCCNOC1COC(=O)O1. The summed E-state index contributed by atoms with van der Waals surface area (Å²) in [6.45, 7) is 3.00. The van der Waals surface area contributed by atoms with Crippen LogP contribution in [0.2, 0.25) is 0 Å². The Bertz CT molecular complexity index is 150. The Hall–Kier alpha value is -0.810. The first-order valence-electron chi connectivity index (χ1n) is 4.05. The second-order valence-electron chi connectivity index (χ2n) is 2.47. The molecule has 0 radical (unpaired) electrons. The van der Waals surface area contributed by atoms with Crippen molar-refractivity contribution in [1.82, 2.24) is 5.48 Å². The zero-order valence-corrected chi connectivity index (χ0v) is 7.04. The van der Waals surface area contributed by atoms with Crippen molar-refractivity contribution >= 4 is 6.16 Å². The van der Waals surface area contributed by atoms with Crippen molar-refractivity contribution in [3.05, 3.63) is 0 Å². The number of hydrogen-bond acceptors (Lipinski definition) is 5. The highest BCUT2D eigenvalue weighted by Gasteiger charge is 2.25. The van der Waals surface area contributed by atoms with E-state index in [1.54, 1.807) is 0 Å². The lowest BCUT2D eigenvalue weighted by Crippen LogP contribution is -2.26. The van der Waals surface area contributed by atoms with Crippen molar-refractivity contribution in [3.8, 4) is 0 Å². The van der Waals surface area contributed by atoms with Gasteiger partial charge in [-0.25, -0.2) is 4.79 Å². The Labute approximate surface area is 70.9 Å². The van der Waals surface area contributed by atoms with Gasteiger partial charge in [0.1, 0.15) is 0 Å². The Morgan fingerprint density at radius 3 is 3.17 bits per heavy atom. The number of nitrogens with one attached hydrogen (secondary N) is 1. The molecule has 1 aliphatic rings. The predicted octanol–water partition coefficient (Wildman–Crippen LogP) is 0.801. The first-order chi connectivity index (χ1) is 5.83. The zero-order chi connectivity index (χ0) is 8.81. The fourth-order valence-electron chi connectivity index (χ4n) is 0.770. The number of ether oxygens (including phenoxy) is 2. The highest BCUT2D eigenvalue weighted by molar-refractivity contribution is 5.61. The molecule has 1 unspecified atom stereocenters. The van der Waals surface area contributed by atoms with Gasteiger partial charge in [0.25, 0.3) is 6.29 Å². The molecule has 1 saturated heterocycles. The van der Waals surface area contributed by atoms with Gasteiger partial charge >= 0.3 is 6.16 Å². The van der Waals surface area contributed by atoms with E-state index >= 15 is 0 Å². The molecule has 1 fully saturated rings. The molecule has 70 valence electrons. The van der Waals surface area contributed by atoms with E-state index in [2.05, 4.69) is 21.9 Å². The Morgan fingerprint density at radius 1 is 1.75 bits per heavy atom. The standard InChI is InChI=1S/C7H13NO4/c1-2-3-4-8-12-6-5-10-7(9)11-6/h6,8H,2-5H2,1H3. The van der Waals surface area contributed by atoms with Gasteiger partial charge in [-0.15, -0.1) is 0 Å². The van der Waals surface area contributed by atoms with Crippen LogP contribution in [0.15, 0.2) is 0 Å². The lowest BCUT2D eigenvalue weighted by Gasteiger charge is -2.07. The second-order valence-corrected chi connectivity index (χ2v) is 2.47. The molecule has 0 aliphatic carbocycles. The molecule has 0 spiro atoms. The molecular formula is C7H13NO4. The molecule has 0 aromatic carbocycles. The van der Waals surface area contributed by atoms with Crippen LogP contribution in [0.3, 0.4) is 0 Å². The molecule has 1 aliphatic heterocycles. The minimum Gasteiger partial charge on any atom is -0.427 e. The van der Waals surface area contributed by atoms with E-state index in [9.17, 15) is 4.79 Å². The maximum atomic E-state index is 10.4. The van der Waals surface area contributed by atoms with Gasteiger partial charge in [-0.05, 0) is 6.42 Å². The number of rotatable bonds is 5. The summed E-state index contributed by atoms with van der Waals surface area (Å²) < 4.78 is 9.09. The first kappa shape index (κ1) is 9.28. The number of carbonyl (C=O) groups excluding carboxylic acids is 1. The molecule has 1 atom stereocenters. The maximum absolute atomic E-state index is 10.4. The van der Waals surface area contributed by atoms with Gasteiger partial charge < -0.3 is 9.47 Å².